The lowest BCUT2D eigenvalue weighted by Crippen LogP contribution is -2.13. The first-order valence-electron chi connectivity index (χ1n) is 7.59. The van der Waals surface area contributed by atoms with Crippen molar-refractivity contribution in [2.75, 3.05) is 0 Å². The molecule has 23 heavy (non-hydrogen) atoms. The van der Waals surface area contributed by atoms with E-state index in [4.69, 9.17) is 0 Å². The Morgan fingerprint density at radius 1 is 0.739 bits per heavy atom. The SMILES string of the molecule is Oc1ccc(C(c2ccccc2)n2ncc3ccccc32)cc1. The third kappa shape index (κ3) is 2.46. The second-order valence-corrected chi connectivity index (χ2v) is 5.55. The van der Waals surface area contributed by atoms with Crippen molar-refractivity contribution in [2.24, 2.45) is 0 Å². The van der Waals surface area contributed by atoms with Gasteiger partial charge in [-0.25, -0.2) is 0 Å². The minimum atomic E-state index is -0.0308. The van der Waals surface area contributed by atoms with Crippen LogP contribution in [0.2, 0.25) is 0 Å². The van der Waals surface area contributed by atoms with Gasteiger partial charge in [-0.05, 0) is 29.3 Å². The van der Waals surface area contributed by atoms with E-state index >= 15 is 0 Å². The zero-order valence-corrected chi connectivity index (χ0v) is 12.5. The molecule has 0 bridgehead atoms. The van der Waals surface area contributed by atoms with Gasteiger partial charge in [0.15, 0.2) is 0 Å². The minimum Gasteiger partial charge on any atom is -0.508 e. The van der Waals surface area contributed by atoms with Crippen molar-refractivity contribution in [3.8, 4) is 5.75 Å². The predicted molar refractivity (Wildman–Crippen MR) is 91.5 cm³/mol. The molecule has 3 heteroatoms. The zero-order chi connectivity index (χ0) is 15.6. The maximum Gasteiger partial charge on any atom is 0.115 e. The molecule has 0 radical (unpaired) electrons. The van der Waals surface area contributed by atoms with Gasteiger partial charge in [-0.1, -0.05) is 60.7 Å². The number of aromatic hydroxyl groups is 1. The molecule has 3 aromatic carbocycles. The zero-order valence-electron chi connectivity index (χ0n) is 12.5. The third-order valence-corrected chi connectivity index (χ3v) is 4.07. The highest BCUT2D eigenvalue weighted by Crippen LogP contribution is 2.30. The van der Waals surface area contributed by atoms with Crippen molar-refractivity contribution < 1.29 is 5.11 Å². The molecule has 112 valence electrons. The van der Waals surface area contributed by atoms with E-state index in [2.05, 4.69) is 29.4 Å². The summed E-state index contributed by atoms with van der Waals surface area (Å²) in [5, 5.41) is 15.3. The molecule has 0 fully saturated rings. The van der Waals surface area contributed by atoms with Crippen LogP contribution in [0.5, 0.6) is 5.75 Å². The second-order valence-electron chi connectivity index (χ2n) is 5.55. The number of fused-ring (bicyclic) bond motifs is 1. The fourth-order valence-electron chi connectivity index (χ4n) is 2.96. The van der Waals surface area contributed by atoms with Crippen LogP contribution in [0.3, 0.4) is 0 Å². The molecule has 1 N–H and O–H groups in total. The van der Waals surface area contributed by atoms with E-state index in [9.17, 15) is 5.11 Å². The lowest BCUT2D eigenvalue weighted by atomic mass is 9.98. The molecule has 0 aliphatic carbocycles. The smallest absolute Gasteiger partial charge is 0.115 e. The van der Waals surface area contributed by atoms with Crippen LogP contribution in [0.25, 0.3) is 10.9 Å². The number of rotatable bonds is 3. The largest absolute Gasteiger partial charge is 0.508 e. The summed E-state index contributed by atoms with van der Waals surface area (Å²) in [6, 6.07) is 25.8. The number of phenols is 1. The van der Waals surface area contributed by atoms with Gasteiger partial charge in [-0.3, -0.25) is 4.68 Å². The molecule has 3 nitrogen and oxygen atoms in total. The summed E-state index contributed by atoms with van der Waals surface area (Å²) in [6.45, 7) is 0. The van der Waals surface area contributed by atoms with E-state index in [0.29, 0.717) is 0 Å². The summed E-state index contributed by atoms with van der Waals surface area (Å²) < 4.78 is 2.04. The van der Waals surface area contributed by atoms with Gasteiger partial charge in [-0.2, -0.15) is 5.10 Å². The number of para-hydroxylation sites is 1. The van der Waals surface area contributed by atoms with E-state index < -0.39 is 0 Å². The van der Waals surface area contributed by atoms with E-state index in [-0.39, 0.29) is 11.8 Å². The molecular formula is C20H16N2O. The molecule has 1 unspecified atom stereocenters. The molecular weight excluding hydrogens is 284 g/mol. The molecule has 0 amide bonds. The summed E-state index contributed by atoms with van der Waals surface area (Å²) >= 11 is 0. The number of hydrogen-bond acceptors (Lipinski definition) is 2. The fraction of sp³-hybridized carbons (Fsp3) is 0.0500. The van der Waals surface area contributed by atoms with Crippen molar-refractivity contribution in [1.29, 1.82) is 0 Å². The number of nitrogens with zero attached hydrogens (tertiary/aromatic N) is 2. The highest BCUT2D eigenvalue weighted by atomic mass is 16.3. The molecule has 4 rings (SSSR count). The quantitative estimate of drug-likeness (QED) is 0.609. The number of aromatic nitrogens is 2. The van der Waals surface area contributed by atoms with Gasteiger partial charge in [-0.15, -0.1) is 0 Å². The molecule has 0 aliphatic rings. The van der Waals surface area contributed by atoms with Gasteiger partial charge in [0.25, 0.3) is 0 Å². The van der Waals surface area contributed by atoms with Crippen LogP contribution in [0, 0.1) is 0 Å². The summed E-state index contributed by atoms with van der Waals surface area (Å²) in [5.74, 6) is 0.269. The monoisotopic (exact) mass is 300 g/mol. The number of hydrogen-bond donors (Lipinski definition) is 1. The van der Waals surface area contributed by atoms with Gasteiger partial charge in [0.1, 0.15) is 11.8 Å². The van der Waals surface area contributed by atoms with Gasteiger partial charge in [0.2, 0.25) is 0 Å². The fourth-order valence-corrected chi connectivity index (χ4v) is 2.96. The van der Waals surface area contributed by atoms with Crippen LogP contribution in [0.1, 0.15) is 17.2 Å². The first kappa shape index (κ1) is 13.6. The maximum atomic E-state index is 9.59. The number of phenolic OH excluding ortho intramolecular Hbond substituents is 1. The highest BCUT2D eigenvalue weighted by Gasteiger charge is 2.19. The second kappa shape index (κ2) is 5.61. The van der Waals surface area contributed by atoms with E-state index in [1.165, 1.54) is 0 Å². The van der Waals surface area contributed by atoms with Crippen molar-refractivity contribution in [2.45, 2.75) is 6.04 Å². The lowest BCUT2D eigenvalue weighted by Gasteiger charge is -2.20. The maximum absolute atomic E-state index is 9.59. The average molecular weight is 300 g/mol. The van der Waals surface area contributed by atoms with Gasteiger partial charge in [0, 0.05) is 5.39 Å². The first-order valence-corrected chi connectivity index (χ1v) is 7.59. The standard InChI is InChI=1S/C20H16N2O/c23-18-12-10-16(11-13-18)20(15-6-2-1-3-7-15)22-19-9-5-4-8-17(19)14-21-22/h1-14,20,23H. The molecule has 0 aliphatic heterocycles. The van der Waals surface area contributed by atoms with Gasteiger partial charge < -0.3 is 5.11 Å². The Morgan fingerprint density at radius 2 is 1.39 bits per heavy atom. The molecule has 0 spiro atoms. The molecule has 0 saturated carbocycles. The van der Waals surface area contributed by atoms with Crippen molar-refractivity contribution in [3.63, 3.8) is 0 Å². The Labute approximate surface area is 134 Å². The number of benzene rings is 3. The molecule has 1 heterocycles. The summed E-state index contributed by atoms with van der Waals surface area (Å²) in [6.07, 6.45) is 1.89. The average Bonchev–Trinajstić information content (AvgIpc) is 3.02. The molecule has 4 aromatic rings. The van der Waals surface area contributed by atoms with Crippen LogP contribution in [-0.2, 0) is 0 Å². The molecule has 1 atom stereocenters. The van der Waals surface area contributed by atoms with Crippen LogP contribution in [0.15, 0.2) is 85.1 Å². The van der Waals surface area contributed by atoms with E-state index in [0.717, 1.165) is 22.0 Å². The summed E-state index contributed by atoms with van der Waals surface area (Å²) in [5.41, 5.74) is 3.34. The lowest BCUT2D eigenvalue weighted by molar-refractivity contribution is 0.474. The highest BCUT2D eigenvalue weighted by molar-refractivity contribution is 5.78. The Hall–Kier alpha value is -3.07. The Morgan fingerprint density at radius 3 is 2.17 bits per heavy atom. The first-order chi connectivity index (χ1) is 11.3. The topological polar surface area (TPSA) is 38.0 Å². The minimum absolute atomic E-state index is 0.0308. The van der Waals surface area contributed by atoms with Gasteiger partial charge in [0.05, 0.1) is 11.7 Å². The molecule has 0 saturated heterocycles. The Balaban J connectivity index is 1.94. The van der Waals surface area contributed by atoms with Gasteiger partial charge >= 0.3 is 0 Å². The predicted octanol–water partition coefficient (Wildman–Crippen LogP) is 4.38. The summed E-state index contributed by atoms with van der Waals surface area (Å²) in [4.78, 5) is 0. The summed E-state index contributed by atoms with van der Waals surface area (Å²) in [7, 11) is 0. The van der Waals surface area contributed by atoms with Crippen LogP contribution in [-0.4, -0.2) is 14.9 Å². The van der Waals surface area contributed by atoms with Crippen molar-refractivity contribution >= 4 is 10.9 Å². The van der Waals surface area contributed by atoms with Crippen LogP contribution >= 0.6 is 0 Å². The normalized spacial score (nSPS) is 12.3. The van der Waals surface area contributed by atoms with E-state index in [1.807, 2.05) is 53.3 Å². The Bertz CT molecular complexity index is 927. The Kier molecular flexibility index (Phi) is 3.31. The molecule has 1 aromatic heterocycles. The van der Waals surface area contributed by atoms with E-state index in [1.54, 1.807) is 12.1 Å². The van der Waals surface area contributed by atoms with Crippen LogP contribution < -0.4 is 0 Å². The van der Waals surface area contributed by atoms with Crippen LogP contribution in [0.4, 0.5) is 0 Å². The van der Waals surface area contributed by atoms with Crippen molar-refractivity contribution in [3.05, 3.63) is 96.2 Å². The van der Waals surface area contributed by atoms with Crippen molar-refractivity contribution in [1.82, 2.24) is 9.78 Å². The third-order valence-electron chi connectivity index (χ3n) is 4.07.